The molecule has 1 fully saturated rings. The molecule has 0 aromatic rings. The normalized spacial score (nSPS) is 17.8. The monoisotopic (exact) mass is 274 g/mol. The minimum absolute atomic E-state index is 0.142. The predicted molar refractivity (Wildman–Crippen MR) is 76.9 cm³/mol. The van der Waals surface area contributed by atoms with Crippen LogP contribution in [0.5, 0.6) is 0 Å². The Balaban J connectivity index is 2.32. The van der Waals surface area contributed by atoms with E-state index >= 15 is 0 Å². The number of amides is 1. The first kappa shape index (κ1) is 15.8. The first-order chi connectivity index (χ1) is 8.42. The molecule has 1 aliphatic rings. The van der Waals surface area contributed by atoms with E-state index in [0.717, 1.165) is 25.9 Å². The van der Waals surface area contributed by atoms with Crippen LogP contribution in [-0.2, 0) is 4.79 Å². The number of nitrogens with one attached hydrogen (secondary N) is 1. The molecule has 106 valence electrons. The first-order valence-corrected chi connectivity index (χ1v) is 7.79. The molecule has 1 aliphatic heterocycles. The van der Waals surface area contributed by atoms with Gasteiger partial charge in [0.05, 0.1) is 11.4 Å². The molecule has 0 spiro atoms. The van der Waals surface area contributed by atoms with Crippen molar-refractivity contribution in [2.75, 3.05) is 31.9 Å². The Kier molecular flexibility index (Phi) is 6.46. The van der Waals surface area contributed by atoms with E-state index in [4.69, 9.17) is 0 Å². The molecule has 1 rings (SSSR count). The summed E-state index contributed by atoms with van der Waals surface area (Å²) in [5.41, 5.74) is -0.814. The van der Waals surface area contributed by atoms with Crippen LogP contribution in [0.3, 0.4) is 0 Å². The van der Waals surface area contributed by atoms with Gasteiger partial charge in [-0.3, -0.25) is 4.79 Å². The van der Waals surface area contributed by atoms with Crippen LogP contribution in [0, 0.1) is 0 Å². The van der Waals surface area contributed by atoms with E-state index in [2.05, 4.69) is 5.32 Å². The zero-order valence-corrected chi connectivity index (χ0v) is 12.6. The van der Waals surface area contributed by atoms with Gasteiger partial charge in [-0.25, -0.2) is 0 Å². The van der Waals surface area contributed by atoms with Crippen LogP contribution in [0.1, 0.15) is 33.6 Å². The summed E-state index contributed by atoms with van der Waals surface area (Å²) in [5.74, 6) is 0.678. The lowest BCUT2D eigenvalue weighted by atomic mass is 10.1. The summed E-state index contributed by atoms with van der Waals surface area (Å²) in [4.78, 5) is 13.8. The lowest BCUT2D eigenvalue weighted by Crippen LogP contribution is -2.43. The number of carbonyl (C=O) groups is 1. The van der Waals surface area contributed by atoms with Crippen molar-refractivity contribution in [3.8, 4) is 0 Å². The SMILES string of the molecule is CCN(CC(C)(C)O)C(=O)CSC1CCNCC1. The fourth-order valence-electron chi connectivity index (χ4n) is 2.09. The fourth-order valence-corrected chi connectivity index (χ4v) is 3.22. The Labute approximate surface area is 115 Å². The number of piperidine rings is 1. The van der Waals surface area contributed by atoms with Gasteiger partial charge < -0.3 is 15.3 Å². The molecular weight excluding hydrogens is 248 g/mol. The second kappa shape index (κ2) is 7.36. The van der Waals surface area contributed by atoms with Crippen LogP contribution in [0.4, 0.5) is 0 Å². The maximum absolute atomic E-state index is 12.1. The summed E-state index contributed by atoms with van der Waals surface area (Å²) in [6, 6.07) is 0. The molecule has 0 atom stereocenters. The number of hydrogen-bond donors (Lipinski definition) is 2. The molecule has 0 aliphatic carbocycles. The largest absolute Gasteiger partial charge is 0.389 e. The van der Waals surface area contributed by atoms with Gasteiger partial charge in [-0.1, -0.05) is 0 Å². The third kappa shape index (κ3) is 6.07. The van der Waals surface area contributed by atoms with Crippen molar-refractivity contribution >= 4 is 17.7 Å². The van der Waals surface area contributed by atoms with E-state index in [0.29, 0.717) is 24.1 Å². The Morgan fingerprint density at radius 2 is 2.06 bits per heavy atom. The van der Waals surface area contributed by atoms with E-state index in [1.165, 1.54) is 0 Å². The summed E-state index contributed by atoms with van der Waals surface area (Å²) < 4.78 is 0. The molecule has 0 aromatic carbocycles. The maximum atomic E-state index is 12.1. The third-order valence-electron chi connectivity index (χ3n) is 3.04. The van der Waals surface area contributed by atoms with Gasteiger partial charge in [0.2, 0.25) is 5.91 Å². The highest BCUT2D eigenvalue weighted by Gasteiger charge is 2.22. The molecular formula is C13H26N2O2S. The molecule has 0 bridgehead atoms. The number of likely N-dealkylation sites (N-methyl/N-ethyl adjacent to an activating group) is 1. The van der Waals surface area contributed by atoms with Crippen molar-refractivity contribution in [3.05, 3.63) is 0 Å². The van der Waals surface area contributed by atoms with Gasteiger partial charge in [0.1, 0.15) is 0 Å². The van der Waals surface area contributed by atoms with E-state index in [1.807, 2.05) is 6.92 Å². The highest BCUT2D eigenvalue weighted by Crippen LogP contribution is 2.20. The number of nitrogens with zero attached hydrogens (tertiary/aromatic N) is 1. The highest BCUT2D eigenvalue weighted by molar-refractivity contribution is 8.00. The molecule has 4 nitrogen and oxygen atoms in total. The lowest BCUT2D eigenvalue weighted by Gasteiger charge is -2.29. The molecule has 1 heterocycles. The van der Waals surface area contributed by atoms with Gasteiger partial charge in [-0.2, -0.15) is 0 Å². The van der Waals surface area contributed by atoms with Crippen molar-refractivity contribution in [3.63, 3.8) is 0 Å². The van der Waals surface area contributed by atoms with Gasteiger partial charge in [0.15, 0.2) is 0 Å². The predicted octanol–water partition coefficient (Wildman–Crippen LogP) is 1.09. The van der Waals surface area contributed by atoms with Gasteiger partial charge in [-0.15, -0.1) is 11.8 Å². The minimum Gasteiger partial charge on any atom is -0.389 e. The number of thioether (sulfide) groups is 1. The van der Waals surface area contributed by atoms with Crippen molar-refractivity contribution in [2.24, 2.45) is 0 Å². The van der Waals surface area contributed by atoms with Crippen LogP contribution >= 0.6 is 11.8 Å². The quantitative estimate of drug-likeness (QED) is 0.761. The summed E-state index contributed by atoms with van der Waals surface area (Å²) in [6.45, 7) is 8.63. The zero-order valence-electron chi connectivity index (χ0n) is 11.7. The Bertz CT molecular complexity index is 260. The number of carbonyl (C=O) groups excluding carboxylic acids is 1. The van der Waals surface area contributed by atoms with Gasteiger partial charge >= 0.3 is 0 Å². The van der Waals surface area contributed by atoms with Crippen LogP contribution in [0.15, 0.2) is 0 Å². The van der Waals surface area contributed by atoms with Gasteiger partial charge in [0.25, 0.3) is 0 Å². The fraction of sp³-hybridized carbons (Fsp3) is 0.923. The third-order valence-corrected chi connectivity index (χ3v) is 4.40. The van der Waals surface area contributed by atoms with Gasteiger partial charge in [-0.05, 0) is 46.7 Å². The maximum Gasteiger partial charge on any atom is 0.232 e. The Morgan fingerprint density at radius 3 is 2.56 bits per heavy atom. The minimum atomic E-state index is -0.814. The molecule has 0 aromatic heterocycles. The van der Waals surface area contributed by atoms with E-state index in [-0.39, 0.29) is 5.91 Å². The van der Waals surface area contributed by atoms with Crippen LogP contribution in [0.2, 0.25) is 0 Å². The number of rotatable bonds is 6. The topological polar surface area (TPSA) is 52.6 Å². The number of hydrogen-bond acceptors (Lipinski definition) is 4. The van der Waals surface area contributed by atoms with Crippen LogP contribution in [0.25, 0.3) is 0 Å². The van der Waals surface area contributed by atoms with Crippen molar-refractivity contribution in [2.45, 2.75) is 44.5 Å². The molecule has 5 heteroatoms. The molecule has 1 saturated heterocycles. The van der Waals surface area contributed by atoms with E-state index in [1.54, 1.807) is 30.5 Å². The van der Waals surface area contributed by atoms with Crippen molar-refractivity contribution in [1.82, 2.24) is 10.2 Å². The number of aliphatic hydroxyl groups is 1. The van der Waals surface area contributed by atoms with E-state index < -0.39 is 5.60 Å². The molecule has 0 radical (unpaired) electrons. The summed E-state index contributed by atoms with van der Waals surface area (Å²) in [6.07, 6.45) is 2.30. The zero-order chi connectivity index (χ0) is 13.6. The summed E-state index contributed by atoms with van der Waals surface area (Å²) in [5, 5.41) is 13.7. The van der Waals surface area contributed by atoms with Crippen molar-refractivity contribution < 1.29 is 9.90 Å². The molecule has 18 heavy (non-hydrogen) atoms. The van der Waals surface area contributed by atoms with E-state index in [9.17, 15) is 9.90 Å². The molecule has 2 N–H and O–H groups in total. The van der Waals surface area contributed by atoms with Crippen molar-refractivity contribution in [1.29, 1.82) is 0 Å². The second-order valence-corrected chi connectivity index (χ2v) is 6.77. The second-order valence-electron chi connectivity index (χ2n) is 5.48. The molecule has 0 saturated carbocycles. The smallest absolute Gasteiger partial charge is 0.232 e. The molecule has 0 unspecified atom stereocenters. The standard InChI is InChI=1S/C13H26N2O2S/c1-4-15(10-13(2,3)17)12(16)9-18-11-5-7-14-8-6-11/h11,14,17H,4-10H2,1-3H3. The van der Waals surface area contributed by atoms with Crippen LogP contribution < -0.4 is 5.32 Å². The lowest BCUT2D eigenvalue weighted by molar-refractivity contribution is -0.131. The Hall–Kier alpha value is -0.260. The summed E-state index contributed by atoms with van der Waals surface area (Å²) >= 11 is 1.76. The van der Waals surface area contributed by atoms with Gasteiger partial charge in [0, 0.05) is 18.3 Å². The Morgan fingerprint density at radius 1 is 1.44 bits per heavy atom. The first-order valence-electron chi connectivity index (χ1n) is 6.75. The molecule has 1 amide bonds. The average molecular weight is 274 g/mol. The highest BCUT2D eigenvalue weighted by atomic mass is 32.2. The summed E-state index contributed by atoms with van der Waals surface area (Å²) in [7, 11) is 0. The average Bonchev–Trinajstić information content (AvgIpc) is 2.33. The van der Waals surface area contributed by atoms with Crippen LogP contribution in [-0.4, -0.2) is 58.7 Å².